The predicted molar refractivity (Wildman–Crippen MR) is 117 cm³/mol. The fraction of sp³-hybridized carbons (Fsp3) is 0.292. The highest BCUT2D eigenvalue weighted by atomic mass is 16.5. The molecule has 1 aromatic carbocycles. The van der Waals surface area contributed by atoms with Gasteiger partial charge in [0.15, 0.2) is 5.78 Å². The molecule has 0 aliphatic rings. The van der Waals surface area contributed by atoms with Crippen molar-refractivity contribution in [3.63, 3.8) is 0 Å². The quantitative estimate of drug-likeness (QED) is 0.401. The lowest BCUT2D eigenvalue weighted by atomic mass is 10.0. The lowest BCUT2D eigenvalue weighted by Gasteiger charge is -2.21. The number of nitrogens with one attached hydrogen (secondary N) is 1. The zero-order valence-corrected chi connectivity index (χ0v) is 18.6. The Bertz CT molecular complexity index is 1110. The number of ether oxygens (including phenoxy) is 2. The summed E-state index contributed by atoms with van der Waals surface area (Å²) < 4.78 is 15.7. The maximum Gasteiger partial charge on any atom is 0.355 e. The van der Waals surface area contributed by atoms with Crippen LogP contribution in [0.1, 0.15) is 55.1 Å². The van der Waals surface area contributed by atoms with Crippen molar-refractivity contribution >= 4 is 17.7 Å². The highest BCUT2D eigenvalue weighted by molar-refractivity contribution is 6.05. The molecule has 8 heteroatoms. The first-order chi connectivity index (χ1) is 15.3. The van der Waals surface area contributed by atoms with E-state index < -0.39 is 5.97 Å². The summed E-state index contributed by atoms with van der Waals surface area (Å²) in [6, 6.07) is 10.2. The minimum Gasteiger partial charge on any atom is -0.497 e. The number of rotatable bonds is 9. The monoisotopic (exact) mass is 438 g/mol. The van der Waals surface area contributed by atoms with Crippen LogP contribution in [-0.2, 0) is 11.3 Å². The minimum atomic E-state index is -0.521. The van der Waals surface area contributed by atoms with Crippen LogP contribution in [0.2, 0.25) is 0 Å². The molecular weight excluding hydrogens is 412 g/mol. The van der Waals surface area contributed by atoms with Gasteiger partial charge in [-0.3, -0.25) is 9.59 Å². The van der Waals surface area contributed by atoms with E-state index in [0.29, 0.717) is 33.9 Å². The second-order valence-electron chi connectivity index (χ2n) is 7.24. The molecule has 1 N–H and O–H groups in total. The molecule has 0 spiro atoms. The smallest absolute Gasteiger partial charge is 0.355 e. The summed E-state index contributed by atoms with van der Waals surface area (Å²) >= 11 is 0. The summed E-state index contributed by atoms with van der Waals surface area (Å²) in [5.41, 5.74) is 2.04. The van der Waals surface area contributed by atoms with Crippen molar-refractivity contribution in [2.24, 2.45) is 0 Å². The molecule has 1 amide bonds. The third kappa shape index (κ3) is 4.91. The van der Waals surface area contributed by atoms with Crippen LogP contribution < -0.4 is 4.74 Å². The third-order valence-electron chi connectivity index (χ3n) is 5.06. The van der Waals surface area contributed by atoms with Gasteiger partial charge in [0.05, 0.1) is 33.1 Å². The molecule has 0 aliphatic heterocycles. The van der Waals surface area contributed by atoms with Gasteiger partial charge in [0.1, 0.15) is 17.2 Å². The molecule has 0 unspecified atom stereocenters. The fourth-order valence-corrected chi connectivity index (χ4v) is 3.56. The molecule has 0 aliphatic carbocycles. The second-order valence-corrected chi connectivity index (χ2v) is 7.24. The Labute approximate surface area is 186 Å². The number of aromatic nitrogens is 1. The Hall–Kier alpha value is -3.81. The van der Waals surface area contributed by atoms with Gasteiger partial charge in [-0.05, 0) is 56.7 Å². The molecule has 0 fully saturated rings. The molecule has 32 heavy (non-hydrogen) atoms. The van der Waals surface area contributed by atoms with E-state index in [1.807, 2.05) is 0 Å². The molecule has 168 valence electrons. The SMILES string of the molecule is CCOC(=O)c1[nH]c(C)c(C(=O)CN(Cc2ccco2)C(=O)c2cccc(OC)c2)c1C. The zero-order chi connectivity index (χ0) is 23.3. The highest BCUT2D eigenvalue weighted by Gasteiger charge is 2.26. The number of aromatic amines is 1. The van der Waals surface area contributed by atoms with Crippen molar-refractivity contribution in [3.8, 4) is 5.75 Å². The van der Waals surface area contributed by atoms with Crippen LogP contribution in [0.25, 0.3) is 0 Å². The normalized spacial score (nSPS) is 10.6. The molecule has 0 atom stereocenters. The number of esters is 1. The molecule has 2 aromatic heterocycles. The number of nitrogens with zero attached hydrogens (tertiary/aromatic N) is 1. The molecular formula is C24H26N2O6. The molecule has 0 radical (unpaired) electrons. The number of Topliss-reactive ketones (excluding diaryl/α,β-unsaturated/α-hetero) is 1. The molecule has 3 rings (SSSR count). The third-order valence-corrected chi connectivity index (χ3v) is 5.06. The number of carbonyl (C=O) groups excluding carboxylic acids is 3. The van der Waals surface area contributed by atoms with Crippen molar-refractivity contribution in [1.82, 2.24) is 9.88 Å². The number of methoxy groups -OCH3 is 1. The largest absolute Gasteiger partial charge is 0.497 e. The summed E-state index contributed by atoms with van der Waals surface area (Å²) in [4.78, 5) is 43.1. The number of hydrogen-bond acceptors (Lipinski definition) is 6. The summed E-state index contributed by atoms with van der Waals surface area (Å²) in [5.74, 6) is -0.0768. The summed E-state index contributed by atoms with van der Waals surface area (Å²) in [6.07, 6.45) is 1.51. The Morgan fingerprint density at radius 3 is 2.56 bits per heavy atom. The van der Waals surface area contributed by atoms with Crippen molar-refractivity contribution in [1.29, 1.82) is 0 Å². The van der Waals surface area contributed by atoms with Crippen molar-refractivity contribution in [2.75, 3.05) is 20.3 Å². The molecule has 2 heterocycles. The van der Waals surface area contributed by atoms with E-state index in [4.69, 9.17) is 13.9 Å². The Balaban J connectivity index is 1.90. The predicted octanol–water partition coefficient (Wildman–Crippen LogP) is 3.94. The van der Waals surface area contributed by atoms with E-state index in [9.17, 15) is 14.4 Å². The standard InChI is InChI=1S/C24H26N2O6/c1-5-31-24(29)22-15(2)21(16(3)25-22)20(27)14-26(13-19-10-7-11-32-19)23(28)17-8-6-9-18(12-17)30-4/h6-12,25H,5,13-14H2,1-4H3. The van der Waals surface area contributed by atoms with E-state index in [0.717, 1.165) is 0 Å². The number of furan rings is 1. The molecule has 3 aromatic rings. The summed E-state index contributed by atoms with van der Waals surface area (Å²) in [6.45, 7) is 5.26. The van der Waals surface area contributed by atoms with Crippen molar-refractivity contribution in [2.45, 2.75) is 27.3 Å². The fourth-order valence-electron chi connectivity index (χ4n) is 3.56. The Morgan fingerprint density at radius 2 is 1.91 bits per heavy atom. The van der Waals surface area contributed by atoms with Gasteiger partial charge in [-0.15, -0.1) is 0 Å². The maximum absolute atomic E-state index is 13.3. The van der Waals surface area contributed by atoms with E-state index >= 15 is 0 Å². The number of benzene rings is 1. The molecule has 0 saturated heterocycles. The lowest BCUT2D eigenvalue weighted by molar-refractivity contribution is 0.0519. The number of H-pyrrole nitrogens is 1. The van der Waals surface area contributed by atoms with Gasteiger partial charge in [0, 0.05) is 16.8 Å². The average molecular weight is 438 g/mol. The van der Waals surface area contributed by atoms with Crippen LogP contribution in [0, 0.1) is 13.8 Å². The summed E-state index contributed by atoms with van der Waals surface area (Å²) in [5, 5.41) is 0. The van der Waals surface area contributed by atoms with Crippen molar-refractivity contribution < 1.29 is 28.3 Å². The van der Waals surface area contributed by atoms with Gasteiger partial charge >= 0.3 is 5.97 Å². The number of aryl methyl sites for hydroxylation is 1. The van der Waals surface area contributed by atoms with E-state index in [1.54, 1.807) is 57.2 Å². The van der Waals surface area contributed by atoms with Gasteiger partial charge in [-0.1, -0.05) is 6.07 Å². The lowest BCUT2D eigenvalue weighted by Crippen LogP contribution is -2.35. The van der Waals surface area contributed by atoms with Gasteiger partial charge in [0.25, 0.3) is 5.91 Å². The Morgan fingerprint density at radius 1 is 1.12 bits per heavy atom. The number of amides is 1. The van der Waals surface area contributed by atoms with Gasteiger partial charge in [-0.25, -0.2) is 4.79 Å². The zero-order valence-electron chi connectivity index (χ0n) is 18.6. The second kappa shape index (κ2) is 10.00. The van der Waals surface area contributed by atoms with Crippen LogP contribution in [0.15, 0.2) is 47.1 Å². The topological polar surface area (TPSA) is 102 Å². The molecule has 0 saturated carbocycles. The van der Waals surface area contributed by atoms with E-state index in [-0.39, 0.29) is 37.1 Å². The van der Waals surface area contributed by atoms with Crippen LogP contribution in [-0.4, -0.2) is 47.8 Å². The maximum atomic E-state index is 13.3. The first-order valence-corrected chi connectivity index (χ1v) is 10.2. The average Bonchev–Trinajstić information content (AvgIpc) is 3.40. The number of ketones is 1. The van der Waals surface area contributed by atoms with Crippen LogP contribution in [0.3, 0.4) is 0 Å². The molecule has 0 bridgehead atoms. The first kappa shape index (κ1) is 22.9. The summed E-state index contributed by atoms with van der Waals surface area (Å²) in [7, 11) is 1.52. The van der Waals surface area contributed by atoms with Gasteiger partial charge < -0.3 is 23.8 Å². The van der Waals surface area contributed by atoms with E-state index in [2.05, 4.69) is 4.98 Å². The highest BCUT2D eigenvalue weighted by Crippen LogP contribution is 2.22. The minimum absolute atomic E-state index is 0.113. The van der Waals surface area contributed by atoms with Crippen LogP contribution >= 0.6 is 0 Å². The molecule has 8 nitrogen and oxygen atoms in total. The van der Waals surface area contributed by atoms with Crippen LogP contribution in [0.5, 0.6) is 5.75 Å². The first-order valence-electron chi connectivity index (χ1n) is 10.2. The van der Waals surface area contributed by atoms with E-state index in [1.165, 1.54) is 18.3 Å². The number of carbonyl (C=O) groups is 3. The van der Waals surface area contributed by atoms with Crippen LogP contribution in [0.4, 0.5) is 0 Å². The van der Waals surface area contributed by atoms with Crippen molar-refractivity contribution in [3.05, 3.63) is 76.5 Å². The Kier molecular flexibility index (Phi) is 7.14. The van der Waals surface area contributed by atoms with Gasteiger partial charge in [-0.2, -0.15) is 0 Å². The number of hydrogen-bond donors (Lipinski definition) is 1. The van der Waals surface area contributed by atoms with Gasteiger partial charge in [0.2, 0.25) is 0 Å².